The first-order valence-corrected chi connectivity index (χ1v) is 5.84. The molecule has 96 valence electrons. The van der Waals surface area contributed by atoms with E-state index in [1.165, 1.54) is 0 Å². The van der Waals surface area contributed by atoms with Gasteiger partial charge in [0.25, 0.3) is 0 Å². The zero-order valence-electron chi connectivity index (χ0n) is 9.72. The second-order valence-electron chi connectivity index (χ2n) is 4.68. The lowest BCUT2D eigenvalue weighted by Crippen LogP contribution is -2.43. The fourth-order valence-electron chi connectivity index (χ4n) is 2.49. The van der Waals surface area contributed by atoms with E-state index in [-0.39, 0.29) is 6.04 Å². The van der Waals surface area contributed by atoms with Gasteiger partial charge in [-0.2, -0.15) is 13.2 Å². The standard InChI is InChI=1S/C11H20F3NO/c1-3-8-4-5-9(7(8)2)15-6-10(16)11(12,13)14/h7-10,15-16H,3-6H2,1-2H3. The number of aliphatic hydroxyl groups excluding tert-OH is 1. The molecule has 0 heterocycles. The van der Waals surface area contributed by atoms with Gasteiger partial charge < -0.3 is 10.4 Å². The van der Waals surface area contributed by atoms with E-state index in [0.717, 1.165) is 19.3 Å². The van der Waals surface area contributed by atoms with E-state index in [4.69, 9.17) is 5.11 Å². The molecule has 0 bridgehead atoms. The third kappa shape index (κ3) is 3.35. The summed E-state index contributed by atoms with van der Waals surface area (Å²) in [7, 11) is 0. The van der Waals surface area contributed by atoms with Crippen molar-refractivity contribution in [2.45, 2.75) is 51.4 Å². The first-order valence-electron chi connectivity index (χ1n) is 5.84. The third-order valence-corrected chi connectivity index (χ3v) is 3.70. The van der Waals surface area contributed by atoms with Crippen LogP contribution in [-0.4, -0.2) is 30.0 Å². The zero-order valence-corrected chi connectivity index (χ0v) is 9.72. The predicted octanol–water partition coefficient (Wildman–Crippen LogP) is 2.32. The van der Waals surface area contributed by atoms with E-state index in [2.05, 4.69) is 19.2 Å². The minimum atomic E-state index is -4.51. The monoisotopic (exact) mass is 239 g/mol. The minimum absolute atomic E-state index is 0.113. The van der Waals surface area contributed by atoms with Gasteiger partial charge in [0.1, 0.15) is 0 Å². The van der Waals surface area contributed by atoms with Gasteiger partial charge in [-0.25, -0.2) is 0 Å². The maximum Gasteiger partial charge on any atom is 0.415 e. The number of hydrogen-bond acceptors (Lipinski definition) is 2. The highest BCUT2D eigenvalue weighted by Crippen LogP contribution is 2.34. The third-order valence-electron chi connectivity index (χ3n) is 3.70. The molecule has 2 nitrogen and oxygen atoms in total. The lowest BCUT2D eigenvalue weighted by atomic mass is 9.93. The van der Waals surface area contributed by atoms with Crippen LogP contribution >= 0.6 is 0 Å². The molecular weight excluding hydrogens is 219 g/mol. The van der Waals surface area contributed by atoms with Crippen LogP contribution in [0.4, 0.5) is 13.2 Å². The molecule has 0 aliphatic heterocycles. The number of aliphatic hydroxyl groups is 1. The van der Waals surface area contributed by atoms with Crippen molar-refractivity contribution in [3.63, 3.8) is 0 Å². The Morgan fingerprint density at radius 3 is 2.44 bits per heavy atom. The van der Waals surface area contributed by atoms with E-state index in [1.54, 1.807) is 0 Å². The Morgan fingerprint density at radius 2 is 2.00 bits per heavy atom. The maximum atomic E-state index is 12.1. The van der Waals surface area contributed by atoms with Crippen molar-refractivity contribution >= 4 is 0 Å². The number of nitrogens with one attached hydrogen (secondary N) is 1. The normalized spacial score (nSPS) is 33.0. The van der Waals surface area contributed by atoms with Crippen LogP contribution < -0.4 is 5.32 Å². The van der Waals surface area contributed by atoms with Crippen LogP contribution in [0.2, 0.25) is 0 Å². The molecule has 0 aromatic carbocycles. The van der Waals surface area contributed by atoms with Crippen molar-refractivity contribution in [3.05, 3.63) is 0 Å². The Labute approximate surface area is 94.2 Å². The van der Waals surface area contributed by atoms with Crippen LogP contribution in [-0.2, 0) is 0 Å². The zero-order chi connectivity index (χ0) is 12.3. The summed E-state index contributed by atoms with van der Waals surface area (Å²) in [5, 5.41) is 11.7. The van der Waals surface area contributed by atoms with Gasteiger partial charge in [-0.1, -0.05) is 20.3 Å². The lowest BCUT2D eigenvalue weighted by Gasteiger charge is -2.23. The molecule has 1 rings (SSSR count). The highest BCUT2D eigenvalue weighted by Gasteiger charge is 2.39. The molecule has 1 aliphatic rings. The highest BCUT2D eigenvalue weighted by atomic mass is 19.4. The van der Waals surface area contributed by atoms with E-state index in [9.17, 15) is 13.2 Å². The molecule has 1 aliphatic carbocycles. The van der Waals surface area contributed by atoms with Crippen LogP contribution in [0.5, 0.6) is 0 Å². The molecule has 2 N–H and O–H groups in total. The first kappa shape index (κ1) is 13.8. The van der Waals surface area contributed by atoms with Gasteiger partial charge in [0, 0.05) is 12.6 Å². The van der Waals surface area contributed by atoms with Crippen molar-refractivity contribution in [1.29, 1.82) is 0 Å². The molecule has 4 atom stereocenters. The fraction of sp³-hybridized carbons (Fsp3) is 1.00. The van der Waals surface area contributed by atoms with Gasteiger partial charge in [-0.05, 0) is 24.7 Å². The Bertz CT molecular complexity index is 220. The highest BCUT2D eigenvalue weighted by molar-refractivity contribution is 4.87. The molecule has 0 amide bonds. The van der Waals surface area contributed by atoms with Gasteiger partial charge in [0.15, 0.2) is 6.10 Å². The first-order chi connectivity index (χ1) is 7.36. The summed E-state index contributed by atoms with van der Waals surface area (Å²) in [6, 6.07) is 0.113. The molecule has 0 radical (unpaired) electrons. The second kappa shape index (κ2) is 5.36. The number of halogens is 3. The van der Waals surface area contributed by atoms with Gasteiger partial charge >= 0.3 is 6.18 Å². The summed E-state index contributed by atoms with van der Waals surface area (Å²) < 4.78 is 36.2. The molecule has 16 heavy (non-hydrogen) atoms. The summed E-state index contributed by atoms with van der Waals surface area (Å²) in [6.45, 7) is 3.78. The number of hydrogen-bond donors (Lipinski definition) is 2. The van der Waals surface area contributed by atoms with Crippen molar-refractivity contribution in [2.75, 3.05) is 6.54 Å². The summed E-state index contributed by atoms with van der Waals surface area (Å²) in [5.74, 6) is 0.992. The Kier molecular flexibility index (Phi) is 4.62. The minimum Gasteiger partial charge on any atom is -0.382 e. The van der Waals surface area contributed by atoms with Crippen molar-refractivity contribution < 1.29 is 18.3 Å². The average molecular weight is 239 g/mol. The van der Waals surface area contributed by atoms with E-state index < -0.39 is 18.8 Å². The van der Waals surface area contributed by atoms with E-state index in [1.807, 2.05) is 0 Å². The summed E-state index contributed by atoms with van der Waals surface area (Å²) in [5.41, 5.74) is 0. The van der Waals surface area contributed by atoms with Gasteiger partial charge in [0.2, 0.25) is 0 Å². The SMILES string of the molecule is CCC1CCC(NCC(O)C(F)(F)F)C1C. The number of rotatable bonds is 4. The van der Waals surface area contributed by atoms with Crippen LogP contribution in [0.25, 0.3) is 0 Å². The fourth-order valence-corrected chi connectivity index (χ4v) is 2.49. The Morgan fingerprint density at radius 1 is 1.38 bits per heavy atom. The molecular formula is C11H20F3NO. The van der Waals surface area contributed by atoms with Crippen LogP contribution in [0.15, 0.2) is 0 Å². The molecule has 0 aromatic rings. The molecule has 1 fully saturated rings. The molecule has 5 heteroatoms. The van der Waals surface area contributed by atoms with E-state index in [0.29, 0.717) is 11.8 Å². The van der Waals surface area contributed by atoms with Crippen LogP contribution in [0.1, 0.15) is 33.1 Å². The van der Waals surface area contributed by atoms with E-state index >= 15 is 0 Å². The van der Waals surface area contributed by atoms with Crippen molar-refractivity contribution in [3.8, 4) is 0 Å². The molecule has 4 unspecified atom stereocenters. The van der Waals surface area contributed by atoms with Crippen molar-refractivity contribution in [1.82, 2.24) is 5.32 Å². The molecule has 0 saturated heterocycles. The smallest absolute Gasteiger partial charge is 0.382 e. The molecule has 0 spiro atoms. The molecule has 1 saturated carbocycles. The summed E-state index contributed by atoms with van der Waals surface area (Å²) in [4.78, 5) is 0. The lowest BCUT2D eigenvalue weighted by molar-refractivity contribution is -0.202. The Hall–Kier alpha value is -0.290. The van der Waals surface area contributed by atoms with Gasteiger partial charge in [0.05, 0.1) is 0 Å². The molecule has 0 aromatic heterocycles. The summed E-state index contributed by atoms with van der Waals surface area (Å²) in [6.07, 6.45) is -3.72. The quantitative estimate of drug-likeness (QED) is 0.789. The second-order valence-corrected chi connectivity index (χ2v) is 4.68. The topological polar surface area (TPSA) is 32.3 Å². The van der Waals surface area contributed by atoms with Gasteiger partial charge in [-0.15, -0.1) is 0 Å². The maximum absolute atomic E-state index is 12.1. The van der Waals surface area contributed by atoms with Crippen LogP contribution in [0, 0.1) is 11.8 Å². The average Bonchev–Trinajstić information content (AvgIpc) is 2.54. The Balaban J connectivity index is 2.34. The predicted molar refractivity (Wildman–Crippen MR) is 56.0 cm³/mol. The largest absolute Gasteiger partial charge is 0.415 e. The summed E-state index contributed by atoms with van der Waals surface area (Å²) >= 11 is 0. The van der Waals surface area contributed by atoms with Crippen molar-refractivity contribution in [2.24, 2.45) is 11.8 Å². The van der Waals surface area contributed by atoms with Gasteiger partial charge in [-0.3, -0.25) is 0 Å². The number of alkyl halides is 3. The van der Waals surface area contributed by atoms with Crippen LogP contribution in [0.3, 0.4) is 0 Å².